The van der Waals surface area contributed by atoms with Gasteiger partial charge in [0.2, 0.25) is 6.43 Å². The highest BCUT2D eigenvalue weighted by Gasteiger charge is 2.13. The normalized spacial score (nSPS) is 17.6. The second-order valence-corrected chi connectivity index (χ2v) is 4.81. The standard InChI is InChI=1S/C14H19F2N/c15-14(16)10-12-3-1-11(2-4-12)9-13-5-7-17-8-6-13/h1-4,13-14,17H,5-10H2. The Morgan fingerprint density at radius 1 is 1.06 bits per heavy atom. The fourth-order valence-corrected chi connectivity index (χ4v) is 2.41. The van der Waals surface area contributed by atoms with Gasteiger partial charge in [0.1, 0.15) is 0 Å². The summed E-state index contributed by atoms with van der Waals surface area (Å²) < 4.78 is 24.4. The molecule has 0 radical (unpaired) electrons. The van der Waals surface area contributed by atoms with Gasteiger partial charge in [0.15, 0.2) is 0 Å². The van der Waals surface area contributed by atoms with Crippen LogP contribution in [0.2, 0.25) is 0 Å². The van der Waals surface area contributed by atoms with E-state index in [-0.39, 0.29) is 6.42 Å². The van der Waals surface area contributed by atoms with Crippen molar-refractivity contribution < 1.29 is 8.78 Å². The third-order valence-corrected chi connectivity index (χ3v) is 3.40. The Morgan fingerprint density at radius 2 is 1.65 bits per heavy atom. The number of hydrogen-bond donors (Lipinski definition) is 1. The number of nitrogens with one attached hydrogen (secondary N) is 1. The van der Waals surface area contributed by atoms with E-state index in [2.05, 4.69) is 5.32 Å². The van der Waals surface area contributed by atoms with Gasteiger partial charge in [0, 0.05) is 6.42 Å². The summed E-state index contributed by atoms with van der Waals surface area (Å²) in [5.74, 6) is 0.747. The van der Waals surface area contributed by atoms with Gasteiger partial charge in [-0.2, -0.15) is 0 Å². The van der Waals surface area contributed by atoms with Crippen molar-refractivity contribution in [1.82, 2.24) is 5.32 Å². The zero-order valence-corrected chi connectivity index (χ0v) is 9.96. The molecule has 0 spiro atoms. The summed E-state index contributed by atoms with van der Waals surface area (Å²) in [5, 5.41) is 3.35. The van der Waals surface area contributed by atoms with Crippen LogP contribution in [0.1, 0.15) is 24.0 Å². The van der Waals surface area contributed by atoms with Crippen LogP contribution in [0.25, 0.3) is 0 Å². The molecule has 0 aromatic heterocycles. The number of benzene rings is 1. The minimum atomic E-state index is -2.25. The van der Waals surface area contributed by atoms with Gasteiger partial charge < -0.3 is 5.32 Å². The molecule has 0 bridgehead atoms. The molecule has 0 amide bonds. The molecule has 17 heavy (non-hydrogen) atoms. The van der Waals surface area contributed by atoms with Crippen LogP contribution < -0.4 is 5.32 Å². The van der Waals surface area contributed by atoms with Crippen LogP contribution in [-0.4, -0.2) is 19.5 Å². The number of rotatable bonds is 4. The van der Waals surface area contributed by atoms with E-state index in [1.54, 1.807) is 0 Å². The summed E-state index contributed by atoms with van der Waals surface area (Å²) in [7, 11) is 0. The van der Waals surface area contributed by atoms with Crippen LogP contribution in [0, 0.1) is 5.92 Å². The predicted molar refractivity (Wildman–Crippen MR) is 65.4 cm³/mol. The van der Waals surface area contributed by atoms with Crippen LogP contribution in [-0.2, 0) is 12.8 Å². The lowest BCUT2D eigenvalue weighted by Crippen LogP contribution is -2.28. The van der Waals surface area contributed by atoms with Crippen LogP contribution in [0.5, 0.6) is 0 Å². The first-order valence-electron chi connectivity index (χ1n) is 6.31. The molecule has 1 N–H and O–H groups in total. The molecule has 1 nitrogen and oxygen atoms in total. The zero-order valence-electron chi connectivity index (χ0n) is 9.96. The Bertz CT molecular complexity index is 329. The third kappa shape index (κ3) is 4.08. The Hall–Kier alpha value is -0.960. The summed E-state index contributed by atoms with van der Waals surface area (Å²) in [6.07, 6.45) is 1.15. The first kappa shape index (κ1) is 12.5. The average molecular weight is 239 g/mol. The molecule has 1 aromatic rings. The van der Waals surface area contributed by atoms with Crippen molar-refractivity contribution in [2.45, 2.75) is 32.1 Å². The summed E-state index contributed by atoms with van der Waals surface area (Å²) in [6, 6.07) is 7.67. The molecule has 3 heteroatoms. The number of piperidine rings is 1. The summed E-state index contributed by atoms with van der Waals surface area (Å²) in [4.78, 5) is 0. The average Bonchev–Trinajstić information content (AvgIpc) is 2.32. The molecule has 1 fully saturated rings. The largest absolute Gasteiger partial charge is 0.317 e. The van der Waals surface area contributed by atoms with Gasteiger partial charge >= 0.3 is 0 Å². The van der Waals surface area contributed by atoms with E-state index in [4.69, 9.17) is 0 Å². The zero-order chi connectivity index (χ0) is 12.1. The smallest absolute Gasteiger partial charge is 0.242 e. The van der Waals surface area contributed by atoms with E-state index in [1.807, 2.05) is 24.3 Å². The minimum absolute atomic E-state index is 0.131. The van der Waals surface area contributed by atoms with Crippen molar-refractivity contribution in [2.24, 2.45) is 5.92 Å². The van der Waals surface area contributed by atoms with Crippen molar-refractivity contribution >= 4 is 0 Å². The van der Waals surface area contributed by atoms with Crippen molar-refractivity contribution in [1.29, 1.82) is 0 Å². The van der Waals surface area contributed by atoms with Gasteiger partial charge in [-0.05, 0) is 49.4 Å². The molecule has 1 aromatic carbocycles. The quantitative estimate of drug-likeness (QED) is 0.851. The maximum absolute atomic E-state index is 12.2. The van der Waals surface area contributed by atoms with E-state index >= 15 is 0 Å². The maximum Gasteiger partial charge on any atom is 0.242 e. The molecule has 1 aliphatic rings. The Balaban J connectivity index is 1.88. The number of hydrogen-bond acceptors (Lipinski definition) is 1. The summed E-state index contributed by atoms with van der Waals surface area (Å²) >= 11 is 0. The molecule has 0 aliphatic carbocycles. The lowest BCUT2D eigenvalue weighted by molar-refractivity contribution is 0.149. The summed E-state index contributed by atoms with van der Waals surface area (Å²) in [6.45, 7) is 2.21. The van der Waals surface area contributed by atoms with E-state index < -0.39 is 6.43 Å². The molecule has 1 saturated heterocycles. The molecule has 0 atom stereocenters. The molecular weight excluding hydrogens is 220 g/mol. The highest BCUT2D eigenvalue weighted by Crippen LogP contribution is 2.18. The highest BCUT2D eigenvalue weighted by atomic mass is 19.3. The lowest BCUT2D eigenvalue weighted by atomic mass is 9.90. The van der Waals surface area contributed by atoms with Gasteiger partial charge in [0.25, 0.3) is 0 Å². The van der Waals surface area contributed by atoms with Crippen molar-refractivity contribution in [3.63, 3.8) is 0 Å². The second kappa shape index (κ2) is 6.10. The van der Waals surface area contributed by atoms with Gasteiger partial charge in [-0.1, -0.05) is 24.3 Å². The van der Waals surface area contributed by atoms with E-state index in [1.165, 1.54) is 18.4 Å². The van der Waals surface area contributed by atoms with Gasteiger partial charge in [-0.25, -0.2) is 8.78 Å². The monoisotopic (exact) mass is 239 g/mol. The Labute approximate surface area is 101 Å². The lowest BCUT2D eigenvalue weighted by Gasteiger charge is -2.22. The SMILES string of the molecule is FC(F)Cc1ccc(CC2CCNCC2)cc1. The van der Waals surface area contributed by atoms with Gasteiger partial charge in [-0.15, -0.1) is 0 Å². The molecule has 0 unspecified atom stereocenters. The molecular formula is C14H19F2N. The van der Waals surface area contributed by atoms with Gasteiger partial charge in [-0.3, -0.25) is 0 Å². The fourth-order valence-electron chi connectivity index (χ4n) is 2.41. The topological polar surface area (TPSA) is 12.0 Å². The van der Waals surface area contributed by atoms with E-state index in [0.717, 1.165) is 31.0 Å². The van der Waals surface area contributed by atoms with Crippen molar-refractivity contribution in [3.05, 3.63) is 35.4 Å². The number of halogens is 2. The van der Waals surface area contributed by atoms with E-state index in [9.17, 15) is 8.78 Å². The van der Waals surface area contributed by atoms with Crippen molar-refractivity contribution in [2.75, 3.05) is 13.1 Å². The van der Waals surface area contributed by atoms with Crippen LogP contribution >= 0.6 is 0 Å². The molecule has 1 heterocycles. The summed E-state index contributed by atoms with van der Waals surface area (Å²) in [5.41, 5.74) is 2.00. The van der Waals surface area contributed by atoms with Crippen LogP contribution in [0.3, 0.4) is 0 Å². The number of alkyl halides is 2. The second-order valence-electron chi connectivity index (χ2n) is 4.81. The maximum atomic E-state index is 12.2. The predicted octanol–water partition coefficient (Wildman–Crippen LogP) is 3.04. The van der Waals surface area contributed by atoms with Crippen LogP contribution in [0.15, 0.2) is 24.3 Å². The van der Waals surface area contributed by atoms with E-state index in [0.29, 0.717) is 0 Å². The third-order valence-electron chi connectivity index (χ3n) is 3.40. The molecule has 2 rings (SSSR count). The first-order valence-corrected chi connectivity index (χ1v) is 6.31. The fraction of sp³-hybridized carbons (Fsp3) is 0.571. The minimum Gasteiger partial charge on any atom is -0.317 e. The van der Waals surface area contributed by atoms with Gasteiger partial charge in [0.05, 0.1) is 0 Å². The molecule has 0 saturated carbocycles. The Kier molecular flexibility index (Phi) is 4.49. The first-order chi connectivity index (χ1) is 8.24. The van der Waals surface area contributed by atoms with Crippen molar-refractivity contribution in [3.8, 4) is 0 Å². The van der Waals surface area contributed by atoms with Crippen LogP contribution in [0.4, 0.5) is 8.78 Å². The highest BCUT2D eigenvalue weighted by molar-refractivity contribution is 5.23. The Morgan fingerprint density at radius 3 is 2.24 bits per heavy atom. The molecule has 1 aliphatic heterocycles. The molecule has 94 valence electrons.